The minimum atomic E-state index is 0.0575. The first-order chi connectivity index (χ1) is 14.5. The molecule has 0 N–H and O–H groups in total. The van der Waals surface area contributed by atoms with E-state index in [1.165, 1.54) is 11.1 Å². The van der Waals surface area contributed by atoms with Gasteiger partial charge in [0.25, 0.3) is 5.91 Å². The first kappa shape index (κ1) is 20.4. The summed E-state index contributed by atoms with van der Waals surface area (Å²) < 4.78 is 5.50. The molecule has 2 fully saturated rings. The van der Waals surface area contributed by atoms with Crippen LogP contribution in [0.1, 0.15) is 34.3 Å². The second kappa shape index (κ2) is 8.88. The van der Waals surface area contributed by atoms with Crippen molar-refractivity contribution in [3.63, 3.8) is 0 Å². The van der Waals surface area contributed by atoms with Crippen LogP contribution in [0.4, 0.5) is 5.69 Å². The Morgan fingerprint density at radius 3 is 2.37 bits per heavy atom. The molecule has 0 radical (unpaired) electrons. The zero-order chi connectivity index (χ0) is 21.1. The summed E-state index contributed by atoms with van der Waals surface area (Å²) in [6.45, 7) is 6.76. The minimum Gasteiger partial charge on any atom is -0.496 e. The summed E-state index contributed by atoms with van der Waals surface area (Å²) in [5.74, 6) is 1.13. The van der Waals surface area contributed by atoms with E-state index in [-0.39, 0.29) is 11.8 Å². The highest BCUT2D eigenvalue weighted by atomic mass is 16.5. The lowest BCUT2D eigenvalue weighted by atomic mass is 10.1. The lowest BCUT2D eigenvalue weighted by molar-refractivity contribution is -0.117. The summed E-state index contributed by atoms with van der Waals surface area (Å²) in [5.41, 5.74) is 3.97. The Kier molecular flexibility index (Phi) is 6.04. The minimum absolute atomic E-state index is 0.0575. The summed E-state index contributed by atoms with van der Waals surface area (Å²) in [5, 5.41) is 0. The Morgan fingerprint density at radius 1 is 1.00 bits per heavy atom. The van der Waals surface area contributed by atoms with Crippen LogP contribution in [0.5, 0.6) is 5.75 Å². The molecule has 2 saturated heterocycles. The second-order valence-corrected chi connectivity index (χ2v) is 8.08. The van der Waals surface area contributed by atoms with E-state index in [2.05, 4.69) is 24.0 Å². The number of anilines is 1. The number of carbonyl (C=O) groups is 2. The SMILES string of the molecule is COc1ccc(C)cc1CN1CCN(C(=O)c2ccc(N3CCCC3=O)cc2)CC1. The highest BCUT2D eigenvalue weighted by molar-refractivity contribution is 5.97. The molecule has 2 aromatic rings. The van der Waals surface area contributed by atoms with Gasteiger partial charge in [-0.3, -0.25) is 14.5 Å². The third kappa shape index (κ3) is 4.33. The molecule has 2 aromatic carbocycles. The van der Waals surface area contributed by atoms with Crippen molar-refractivity contribution in [3.8, 4) is 5.75 Å². The molecule has 30 heavy (non-hydrogen) atoms. The van der Waals surface area contributed by atoms with Crippen molar-refractivity contribution in [1.29, 1.82) is 0 Å². The van der Waals surface area contributed by atoms with Gasteiger partial charge in [0, 0.05) is 62.5 Å². The van der Waals surface area contributed by atoms with E-state index >= 15 is 0 Å². The van der Waals surface area contributed by atoms with Crippen LogP contribution in [-0.4, -0.2) is 61.4 Å². The van der Waals surface area contributed by atoms with Crippen molar-refractivity contribution >= 4 is 17.5 Å². The monoisotopic (exact) mass is 407 g/mol. The summed E-state index contributed by atoms with van der Waals surface area (Å²) in [7, 11) is 1.70. The molecule has 0 unspecified atom stereocenters. The van der Waals surface area contributed by atoms with Gasteiger partial charge in [0.05, 0.1) is 7.11 Å². The molecule has 0 aromatic heterocycles. The third-order valence-electron chi connectivity index (χ3n) is 5.99. The number of piperazine rings is 1. The van der Waals surface area contributed by atoms with Crippen LogP contribution in [0.25, 0.3) is 0 Å². The van der Waals surface area contributed by atoms with E-state index in [9.17, 15) is 9.59 Å². The first-order valence-electron chi connectivity index (χ1n) is 10.6. The maximum atomic E-state index is 12.9. The third-order valence-corrected chi connectivity index (χ3v) is 5.99. The van der Waals surface area contributed by atoms with Crippen molar-refractivity contribution < 1.29 is 14.3 Å². The van der Waals surface area contributed by atoms with Crippen molar-refractivity contribution in [3.05, 3.63) is 59.2 Å². The summed E-state index contributed by atoms with van der Waals surface area (Å²) >= 11 is 0. The Labute approximate surface area is 178 Å². The molecule has 6 heteroatoms. The highest BCUT2D eigenvalue weighted by Gasteiger charge is 2.24. The topological polar surface area (TPSA) is 53.1 Å². The first-order valence-corrected chi connectivity index (χ1v) is 10.6. The maximum Gasteiger partial charge on any atom is 0.253 e. The number of aryl methyl sites for hydroxylation is 1. The van der Waals surface area contributed by atoms with E-state index in [1.54, 1.807) is 12.0 Å². The largest absolute Gasteiger partial charge is 0.496 e. The fourth-order valence-corrected chi connectivity index (χ4v) is 4.27. The molecular formula is C24H29N3O3. The molecular weight excluding hydrogens is 378 g/mol. The van der Waals surface area contributed by atoms with Crippen LogP contribution < -0.4 is 9.64 Å². The summed E-state index contributed by atoms with van der Waals surface area (Å²) in [4.78, 5) is 30.9. The zero-order valence-electron chi connectivity index (χ0n) is 17.8. The van der Waals surface area contributed by atoms with Crippen molar-refractivity contribution in [2.45, 2.75) is 26.3 Å². The molecule has 2 amide bonds. The number of hydrogen-bond donors (Lipinski definition) is 0. The van der Waals surface area contributed by atoms with E-state index in [1.807, 2.05) is 35.2 Å². The number of hydrogen-bond acceptors (Lipinski definition) is 4. The van der Waals surface area contributed by atoms with Crippen LogP contribution in [0, 0.1) is 6.92 Å². The molecule has 4 rings (SSSR count). The van der Waals surface area contributed by atoms with Crippen LogP contribution in [0.2, 0.25) is 0 Å². The van der Waals surface area contributed by atoms with E-state index < -0.39 is 0 Å². The van der Waals surface area contributed by atoms with Crippen molar-refractivity contribution in [1.82, 2.24) is 9.80 Å². The van der Waals surface area contributed by atoms with Crippen LogP contribution in [0.3, 0.4) is 0 Å². The highest BCUT2D eigenvalue weighted by Crippen LogP contribution is 2.24. The van der Waals surface area contributed by atoms with Gasteiger partial charge >= 0.3 is 0 Å². The molecule has 2 aliphatic rings. The lowest BCUT2D eigenvalue weighted by Gasteiger charge is -2.35. The quantitative estimate of drug-likeness (QED) is 0.764. The van der Waals surface area contributed by atoms with Gasteiger partial charge in [0.1, 0.15) is 5.75 Å². The fourth-order valence-electron chi connectivity index (χ4n) is 4.27. The van der Waals surface area contributed by atoms with Gasteiger partial charge in [-0.1, -0.05) is 17.7 Å². The van der Waals surface area contributed by atoms with Gasteiger partial charge in [0.2, 0.25) is 5.91 Å². The molecule has 0 saturated carbocycles. The lowest BCUT2D eigenvalue weighted by Crippen LogP contribution is -2.48. The Morgan fingerprint density at radius 2 is 1.73 bits per heavy atom. The summed E-state index contributed by atoms with van der Waals surface area (Å²) in [6, 6.07) is 13.7. The van der Waals surface area contributed by atoms with Gasteiger partial charge in [-0.15, -0.1) is 0 Å². The Hall–Kier alpha value is -2.86. The normalized spacial score (nSPS) is 17.5. The molecule has 0 aliphatic carbocycles. The van der Waals surface area contributed by atoms with Crippen molar-refractivity contribution in [2.24, 2.45) is 0 Å². The van der Waals surface area contributed by atoms with Crippen molar-refractivity contribution in [2.75, 3.05) is 44.7 Å². The predicted octanol–water partition coefficient (Wildman–Crippen LogP) is 3.09. The molecule has 0 bridgehead atoms. The van der Waals surface area contributed by atoms with E-state index in [0.29, 0.717) is 25.1 Å². The van der Waals surface area contributed by atoms with Crippen LogP contribution >= 0.6 is 0 Å². The number of amides is 2. The molecule has 0 atom stereocenters. The molecule has 2 aliphatic heterocycles. The number of rotatable bonds is 5. The van der Waals surface area contributed by atoms with Gasteiger partial charge in [0.15, 0.2) is 0 Å². The number of carbonyl (C=O) groups excluding carboxylic acids is 2. The Bertz CT molecular complexity index is 918. The van der Waals surface area contributed by atoms with Gasteiger partial charge in [-0.2, -0.15) is 0 Å². The standard InChI is InChI=1S/C24H29N3O3/c1-18-5-10-22(30-2)20(16-18)17-25-12-14-26(15-13-25)24(29)19-6-8-21(9-7-19)27-11-3-4-23(27)28/h5-10,16H,3-4,11-15,17H2,1-2H3. The van der Waals surface area contributed by atoms with Gasteiger partial charge in [-0.25, -0.2) is 0 Å². The number of methoxy groups -OCH3 is 1. The molecule has 158 valence electrons. The van der Waals surface area contributed by atoms with Gasteiger partial charge in [-0.05, 0) is 43.7 Å². The smallest absolute Gasteiger partial charge is 0.253 e. The fraction of sp³-hybridized carbons (Fsp3) is 0.417. The number of nitrogens with zero attached hydrogens (tertiary/aromatic N) is 3. The number of ether oxygens (including phenoxy) is 1. The molecule has 2 heterocycles. The molecule has 6 nitrogen and oxygen atoms in total. The van der Waals surface area contributed by atoms with E-state index in [0.717, 1.165) is 44.0 Å². The molecule has 0 spiro atoms. The summed E-state index contributed by atoms with van der Waals surface area (Å²) in [6.07, 6.45) is 1.51. The van der Waals surface area contributed by atoms with E-state index in [4.69, 9.17) is 4.74 Å². The zero-order valence-corrected chi connectivity index (χ0v) is 17.8. The predicted molar refractivity (Wildman–Crippen MR) is 117 cm³/mol. The Balaban J connectivity index is 1.34. The maximum absolute atomic E-state index is 12.9. The average molecular weight is 408 g/mol. The van der Waals surface area contributed by atoms with Gasteiger partial charge < -0.3 is 14.5 Å². The average Bonchev–Trinajstić information content (AvgIpc) is 3.20. The van der Waals surface area contributed by atoms with Crippen LogP contribution in [0.15, 0.2) is 42.5 Å². The second-order valence-electron chi connectivity index (χ2n) is 8.08. The number of benzene rings is 2. The van der Waals surface area contributed by atoms with Crippen LogP contribution in [-0.2, 0) is 11.3 Å².